The number of carbonyl (C=O) groups excluding carboxylic acids is 2. The molecule has 0 aliphatic carbocycles. The Morgan fingerprint density at radius 1 is 1.23 bits per heavy atom. The first-order valence-electron chi connectivity index (χ1n) is 7.31. The summed E-state index contributed by atoms with van der Waals surface area (Å²) >= 11 is 0. The monoisotopic (exact) mass is 324 g/mol. The number of rotatable bonds is 4. The van der Waals surface area contributed by atoms with E-state index in [1.807, 2.05) is 0 Å². The Kier molecular flexibility index (Phi) is 4.97. The molecule has 1 aliphatic rings. The van der Waals surface area contributed by atoms with Gasteiger partial charge in [0.25, 0.3) is 5.91 Å². The molecule has 0 radical (unpaired) electrons. The standard InChI is InChI=1S/C15H20N2O4S/c1-2-14(18)13-5-3-4-10-17(13)15(19)11-6-8-12(9-7-11)22(16,20)21/h6-9,13H,2-5,10H2,1H3,(H2,16,20,21). The molecule has 0 saturated carbocycles. The summed E-state index contributed by atoms with van der Waals surface area (Å²) < 4.78 is 22.5. The molecule has 0 spiro atoms. The number of nitrogens with two attached hydrogens (primary N) is 1. The highest BCUT2D eigenvalue weighted by Gasteiger charge is 2.31. The van der Waals surface area contributed by atoms with Gasteiger partial charge in [-0.05, 0) is 43.5 Å². The van der Waals surface area contributed by atoms with E-state index in [4.69, 9.17) is 5.14 Å². The van der Waals surface area contributed by atoms with Crippen LogP contribution in [0.4, 0.5) is 0 Å². The van der Waals surface area contributed by atoms with Crippen LogP contribution in [0.1, 0.15) is 43.0 Å². The van der Waals surface area contributed by atoms with E-state index in [9.17, 15) is 18.0 Å². The minimum atomic E-state index is -3.78. The highest BCUT2D eigenvalue weighted by atomic mass is 32.2. The number of benzene rings is 1. The molecule has 1 saturated heterocycles. The fourth-order valence-corrected chi connectivity index (χ4v) is 3.21. The number of primary sulfonamides is 1. The Balaban J connectivity index is 2.24. The zero-order valence-corrected chi connectivity index (χ0v) is 13.3. The normalized spacial score (nSPS) is 19.0. The third kappa shape index (κ3) is 3.53. The number of amides is 1. The van der Waals surface area contributed by atoms with Gasteiger partial charge >= 0.3 is 0 Å². The second-order valence-corrected chi connectivity index (χ2v) is 6.96. The van der Waals surface area contributed by atoms with E-state index in [1.165, 1.54) is 24.3 Å². The number of hydrogen-bond donors (Lipinski definition) is 1. The van der Waals surface area contributed by atoms with Crippen molar-refractivity contribution in [3.8, 4) is 0 Å². The van der Waals surface area contributed by atoms with Crippen LogP contribution in [0.15, 0.2) is 29.2 Å². The number of ketones is 1. The smallest absolute Gasteiger partial charge is 0.254 e. The van der Waals surface area contributed by atoms with Gasteiger partial charge in [0.1, 0.15) is 0 Å². The van der Waals surface area contributed by atoms with Gasteiger partial charge in [-0.15, -0.1) is 0 Å². The first-order chi connectivity index (χ1) is 10.3. The molecule has 22 heavy (non-hydrogen) atoms. The van der Waals surface area contributed by atoms with Crippen molar-refractivity contribution in [2.45, 2.75) is 43.5 Å². The zero-order chi connectivity index (χ0) is 16.3. The molecule has 0 bridgehead atoms. The van der Waals surface area contributed by atoms with E-state index in [0.717, 1.165) is 12.8 Å². The summed E-state index contributed by atoms with van der Waals surface area (Å²) in [7, 11) is -3.78. The molecule has 1 atom stereocenters. The third-order valence-corrected chi connectivity index (χ3v) is 4.84. The van der Waals surface area contributed by atoms with E-state index in [0.29, 0.717) is 24.9 Å². The summed E-state index contributed by atoms with van der Waals surface area (Å²) in [5.41, 5.74) is 0.364. The molecule has 7 heteroatoms. The highest BCUT2D eigenvalue weighted by molar-refractivity contribution is 7.89. The molecule has 2 N–H and O–H groups in total. The maximum atomic E-state index is 12.6. The Labute approximate surface area is 130 Å². The van der Waals surface area contributed by atoms with E-state index in [-0.39, 0.29) is 22.6 Å². The van der Waals surface area contributed by atoms with Gasteiger partial charge in [-0.25, -0.2) is 13.6 Å². The van der Waals surface area contributed by atoms with E-state index >= 15 is 0 Å². The SMILES string of the molecule is CCC(=O)C1CCCCN1C(=O)c1ccc(S(N)(=O)=O)cc1. The van der Waals surface area contributed by atoms with Crippen LogP contribution < -0.4 is 5.14 Å². The van der Waals surface area contributed by atoms with E-state index in [2.05, 4.69) is 0 Å². The molecule has 6 nitrogen and oxygen atoms in total. The molecule has 1 aliphatic heterocycles. The van der Waals surface area contributed by atoms with Crippen molar-refractivity contribution >= 4 is 21.7 Å². The van der Waals surface area contributed by atoms with Gasteiger partial charge < -0.3 is 4.90 Å². The molecule has 1 aromatic rings. The largest absolute Gasteiger partial charge is 0.329 e. The van der Waals surface area contributed by atoms with Crippen molar-refractivity contribution < 1.29 is 18.0 Å². The number of nitrogens with zero attached hydrogens (tertiary/aromatic N) is 1. The molecule has 1 aromatic carbocycles. The quantitative estimate of drug-likeness (QED) is 0.903. The van der Waals surface area contributed by atoms with Gasteiger partial charge in [0, 0.05) is 18.5 Å². The Bertz CT molecular complexity index is 667. The van der Waals surface area contributed by atoms with Crippen molar-refractivity contribution in [3.05, 3.63) is 29.8 Å². The van der Waals surface area contributed by atoms with Crippen molar-refractivity contribution in [3.63, 3.8) is 0 Å². The molecule has 1 amide bonds. The minimum Gasteiger partial charge on any atom is -0.329 e. The second kappa shape index (κ2) is 6.58. The second-order valence-electron chi connectivity index (χ2n) is 5.40. The van der Waals surface area contributed by atoms with Gasteiger partial charge in [-0.1, -0.05) is 6.92 Å². The molecular formula is C15H20N2O4S. The van der Waals surface area contributed by atoms with Crippen LogP contribution >= 0.6 is 0 Å². The first-order valence-corrected chi connectivity index (χ1v) is 8.85. The average molecular weight is 324 g/mol. The summed E-state index contributed by atoms with van der Waals surface area (Å²) in [6, 6.07) is 5.12. The Morgan fingerprint density at radius 2 is 1.86 bits per heavy atom. The van der Waals surface area contributed by atoms with E-state index in [1.54, 1.807) is 11.8 Å². The van der Waals surface area contributed by atoms with Crippen LogP contribution in [0.5, 0.6) is 0 Å². The lowest BCUT2D eigenvalue weighted by Gasteiger charge is -2.34. The van der Waals surface area contributed by atoms with Crippen LogP contribution in [0, 0.1) is 0 Å². The number of carbonyl (C=O) groups is 2. The zero-order valence-electron chi connectivity index (χ0n) is 12.5. The first kappa shape index (κ1) is 16.6. The predicted molar refractivity (Wildman–Crippen MR) is 81.8 cm³/mol. The lowest BCUT2D eigenvalue weighted by atomic mass is 9.96. The van der Waals surface area contributed by atoms with Gasteiger partial charge in [0.15, 0.2) is 5.78 Å². The number of likely N-dealkylation sites (tertiary alicyclic amines) is 1. The van der Waals surface area contributed by atoms with Crippen LogP contribution in [0.2, 0.25) is 0 Å². The molecule has 120 valence electrons. The third-order valence-electron chi connectivity index (χ3n) is 3.91. The number of sulfonamides is 1. The topological polar surface area (TPSA) is 97.5 Å². The molecule has 2 rings (SSSR count). The summed E-state index contributed by atoms with van der Waals surface area (Å²) in [6.07, 6.45) is 2.89. The highest BCUT2D eigenvalue weighted by Crippen LogP contribution is 2.22. The maximum Gasteiger partial charge on any atom is 0.254 e. The molecule has 1 unspecified atom stereocenters. The van der Waals surface area contributed by atoms with Crippen LogP contribution in [0.3, 0.4) is 0 Å². The van der Waals surface area contributed by atoms with Gasteiger partial charge in [0.05, 0.1) is 10.9 Å². The predicted octanol–water partition coefficient (Wildman–Crippen LogP) is 1.31. The van der Waals surface area contributed by atoms with Gasteiger partial charge in [-0.2, -0.15) is 0 Å². The van der Waals surface area contributed by atoms with Crippen molar-refractivity contribution in [1.29, 1.82) is 0 Å². The number of Topliss-reactive ketones (excluding diaryl/α,β-unsaturated/α-hetero) is 1. The van der Waals surface area contributed by atoms with Crippen LogP contribution in [-0.4, -0.2) is 37.6 Å². The van der Waals surface area contributed by atoms with Gasteiger partial charge in [-0.3, -0.25) is 9.59 Å². The van der Waals surface area contributed by atoms with Crippen molar-refractivity contribution in [2.75, 3.05) is 6.54 Å². The van der Waals surface area contributed by atoms with Crippen molar-refractivity contribution in [2.24, 2.45) is 5.14 Å². The fourth-order valence-electron chi connectivity index (χ4n) is 2.70. The van der Waals surface area contributed by atoms with Crippen molar-refractivity contribution in [1.82, 2.24) is 4.90 Å². The fraction of sp³-hybridized carbons (Fsp3) is 0.467. The minimum absolute atomic E-state index is 0.0381. The number of piperidine rings is 1. The Hall–Kier alpha value is -1.73. The molecule has 1 heterocycles. The van der Waals surface area contributed by atoms with Gasteiger partial charge in [0.2, 0.25) is 10.0 Å². The lowest BCUT2D eigenvalue weighted by molar-refractivity contribution is -0.124. The summed E-state index contributed by atoms with van der Waals surface area (Å²) in [6.45, 7) is 2.34. The summed E-state index contributed by atoms with van der Waals surface area (Å²) in [5, 5.41) is 5.04. The maximum absolute atomic E-state index is 12.6. The summed E-state index contributed by atoms with van der Waals surface area (Å²) in [4.78, 5) is 26.2. The molecule has 1 fully saturated rings. The van der Waals surface area contributed by atoms with Crippen LogP contribution in [0.25, 0.3) is 0 Å². The molecular weight excluding hydrogens is 304 g/mol. The molecule has 0 aromatic heterocycles. The van der Waals surface area contributed by atoms with E-state index < -0.39 is 10.0 Å². The van der Waals surface area contributed by atoms with Crippen LogP contribution in [-0.2, 0) is 14.8 Å². The Morgan fingerprint density at radius 3 is 2.41 bits per heavy atom. The lowest BCUT2D eigenvalue weighted by Crippen LogP contribution is -2.47. The number of hydrogen-bond acceptors (Lipinski definition) is 4. The average Bonchev–Trinajstić information content (AvgIpc) is 2.52. The summed E-state index contributed by atoms with van der Waals surface area (Å²) in [5.74, 6) is -0.179.